The fourth-order valence-corrected chi connectivity index (χ4v) is 5.42. The van der Waals surface area contributed by atoms with Crippen molar-refractivity contribution in [3.63, 3.8) is 0 Å². The smallest absolute Gasteiger partial charge is 0.194 e. The third-order valence-corrected chi connectivity index (χ3v) is 7.31. The van der Waals surface area contributed by atoms with E-state index in [0.717, 1.165) is 47.8 Å². The average molecular weight is 506 g/mol. The largest absolute Gasteiger partial charge is 0.508 e. The molecule has 0 saturated carbocycles. The Kier molecular flexibility index (Phi) is 6.26. The van der Waals surface area contributed by atoms with Gasteiger partial charge in [0.1, 0.15) is 24.2 Å². The van der Waals surface area contributed by atoms with Crippen molar-refractivity contribution in [3.8, 4) is 22.6 Å². The van der Waals surface area contributed by atoms with E-state index in [4.69, 9.17) is 9.47 Å². The van der Waals surface area contributed by atoms with Crippen LogP contribution >= 0.6 is 0 Å². The summed E-state index contributed by atoms with van der Waals surface area (Å²) in [5.74, 6) is -3.16. The summed E-state index contributed by atoms with van der Waals surface area (Å²) in [6.45, 7) is 3.48. The summed E-state index contributed by atoms with van der Waals surface area (Å²) in [4.78, 5) is 2.38. The topological polar surface area (TPSA) is 41.9 Å². The normalized spacial score (nSPS) is 17.4. The van der Waals surface area contributed by atoms with Crippen molar-refractivity contribution in [2.75, 3.05) is 26.2 Å². The van der Waals surface area contributed by atoms with Gasteiger partial charge in [-0.3, -0.25) is 4.90 Å². The molecule has 1 atom stereocenters. The lowest BCUT2D eigenvalue weighted by Crippen LogP contribution is -2.25. The average Bonchev–Trinajstić information content (AvgIpc) is 3.36. The highest BCUT2D eigenvalue weighted by atomic mass is 19.2. The minimum atomic E-state index is -1.51. The summed E-state index contributed by atoms with van der Waals surface area (Å²) in [6.07, 6.45) is 1.83. The van der Waals surface area contributed by atoms with Crippen molar-refractivity contribution < 1.29 is 27.8 Å². The number of benzene rings is 4. The Labute approximate surface area is 212 Å². The number of nitrogens with zero attached hydrogens (tertiary/aromatic N) is 1. The Bertz CT molecular complexity index is 1470. The second-order valence-electron chi connectivity index (χ2n) is 9.60. The van der Waals surface area contributed by atoms with Gasteiger partial charge in [-0.2, -0.15) is 0 Å². The van der Waals surface area contributed by atoms with Crippen molar-refractivity contribution in [2.45, 2.75) is 25.6 Å². The van der Waals surface area contributed by atoms with E-state index in [1.165, 1.54) is 12.8 Å². The second-order valence-corrected chi connectivity index (χ2v) is 9.60. The number of fused-ring (bicyclic) bond motifs is 5. The molecule has 1 unspecified atom stereocenters. The maximum absolute atomic E-state index is 14.9. The number of aromatic hydroxyl groups is 1. The van der Waals surface area contributed by atoms with Crippen LogP contribution in [-0.2, 0) is 11.3 Å². The number of phenols is 1. The molecule has 1 N–H and O–H groups in total. The predicted molar refractivity (Wildman–Crippen MR) is 135 cm³/mol. The van der Waals surface area contributed by atoms with Gasteiger partial charge in [0.25, 0.3) is 0 Å². The number of ether oxygens (including phenoxy) is 2. The van der Waals surface area contributed by atoms with Gasteiger partial charge in [0.05, 0.1) is 6.61 Å². The molecular weight excluding hydrogens is 479 g/mol. The first-order valence-electron chi connectivity index (χ1n) is 12.5. The van der Waals surface area contributed by atoms with Gasteiger partial charge in [-0.15, -0.1) is 0 Å². The van der Waals surface area contributed by atoms with Gasteiger partial charge in [-0.1, -0.05) is 30.3 Å². The summed E-state index contributed by atoms with van der Waals surface area (Å²) in [5.41, 5.74) is 2.28. The highest BCUT2D eigenvalue weighted by Crippen LogP contribution is 2.45. The van der Waals surface area contributed by atoms with Crippen LogP contribution < -0.4 is 4.74 Å². The van der Waals surface area contributed by atoms with Crippen LogP contribution in [0.4, 0.5) is 13.2 Å². The van der Waals surface area contributed by atoms with E-state index in [9.17, 15) is 18.3 Å². The molecule has 7 heteroatoms. The summed E-state index contributed by atoms with van der Waals surface area (Å²) in [7, 11) is 0. The molecule has 0 spiro atoms. The highest BCUT2D eigenvalue weighted by Gasteiger charge is 2.30. The van der Waals surface area contributed by atoms with Crippen molar-refractivity contribution in [2.24, 2.45) is 0 Å². The van der Waals surface area contributed by atoms with Crippen molar-refractivity contribution >= 4 is 10.8 Å². The van der Waals surface area contributed by atoms with Gasteiger partial charge < -0.3 is 14.6 Å². The van der Waals surface area contributed by atoms with Crippen LogP contribution in [0.15, 0.2) is 60.7 Å². The van der Waals surface area contributed by atoms with Crippen LogP contribution in [0.1, 0.15) is 35.6 Å². The van der Waals surface area contributed by atoms with E-state index in [1.54, 1.807) is 30.3 Å². The fourth-order valence-electron chi connectivity index (χ4n) is 5.42. The number of hydrogen-bond donors (Lipinski definition) is 1. The first-order valence-corrected chi connectivity index (χ1v) is 12.5. The first-order chi connectivity index (χ1) is 18.0. The van der Waals surface area contributed by atoms with E-state index in [2.05, 4.69) is 4.90 Å². The number of phenolic OH excluding ortho intramolecular Hbond substituents is 1. The van der Waals surface area contributed by atoms with Crippen LogP contribution in [0.25, 0.3) is 21.9 Å². The zero-order valence-corrected chi connectivity index (χ0v) is 20.1. The molecule has 6 rings (SSSR count). The zero-order chi connectivity index (χ0) is 25.5. The van der Waals surface area contributed by atoms with Gasteiger partial charge >= 0.3 is 0 Å². The molecule has 1 saturated heterocycles. The molecule has 2 heterocycles. The van der Waals surface area contributed by atoms with Crippen molar-refractivity contribution in [1.29, 1.82) is 0 Å². The fraction of sp³-hybridized carbons (Fsp3) is 0.267. The van der Waals surface area contributed by atoms with Gasteiger partial charge in [-0.05, 0) is 83.7 Å². The lowest BCUT2D eigenvalue weighted by Gasteiger charge is -2.21. The number of rotatable bonds is 5. The number of hydrogen-bond acceptors (Lipinski definition) is 4. The summed E-state index contributed by atoms with van der Waals surface area (Å²) >= 11 is 0. The summed E-state index contributed by atoms with van der Waals surface area (Å²) < 4.78 is 55.5. The van der Waals surface area contributed by atoms with E-state index < -0.39 is 23.6 Å². The molecule has 190 valence electrons. The number of likely N-dealkylation sites (tertiary alicyclic amines) is 1. The molecule has 0 bridgehead atoms. The standard InChI is InChI=1S/C30H26F3NO3/c31-26-16-24-23-9-5-19-15-20(35)6-10-22(19)27(23)30(37-17-25(24)28(32)29(26)33)18-3-7-21(8-4-18)36-14-13-34-11-1-2-12-34/h3-10,15-16,30,35H,1-2,11-14,17H2. The molecule has 0 radical (unpaired) electrons. The predicted octanol–water partition coefficient (Wildman–Crippen LogP) is 6.72. The molecule has 2 aliphatic heterocycles. The quantitative estimate of drug-likeness (QED) is 0.306. The van der Waals surface area contributed by atoms with E-state index in [1.807, 2.05) is 24.3 Å². The minimum Gasteiger partial charge on any atom is -0.508 e. The second kappa shape index (κ2) is 9.72. The summed E-state index contributed by atoms with van der Waals surface area (Å²) in [6, 6.07) is 17.0. The Morgan fingerprint density at radius 2 is 1.68 bits per heavy atom. The zero-order valence-electron chi connectivity index (χ0n) is 20.1. The van der Waals surface area contributed by atoms with Gasteiger partial charge in [0.2, 0.25) is 0 Å². The van der Waals surface area contributed by atoms with Crippen LogP contribution in [-0.4, -0.2) is 36.2 Å². The molecule has 0 aromatic heterocycles. The SMILES string of the molecule is Oc1ccc2c3c(ccc2c1)-c1cc(F)c(F)c(F)c1COC3c1ccc(OCCN2CCCC2)cc1. The highest BCUT2D eigenvalue weighted by molar-refractivity contribution is 5.94. The van der Waals surface area contributed by atoms with Crippen LogP contribution in [0.2, 0.25) is 0 Å². The third-order valence-electron chi connectivity index (χ3n) is 7.31. The maximum Gasteiger partial charge on any atom is 0.194 e. The van der Waals surface area contributed by atoms with Crippen LogP contribution in [0.5, 0.6) is 11.5 Å². The molecule has 37 heavy (non-hydrogen) atoms. The molecule has 4 aromatic rings. The van der Waals surface area contributed by atoms with E-state index in [-0.39, 0.29) is 23.5 Å². The van der Waals surface area contributed by atoms with E-state index >= 15 is 0 Å². The third kappa shape index (κ3) is 4.43. The van der Waals surface area contributed by atoms with E-state index in [0.29, 0.717) is 17.7 Å². The monoisotopic (exact) mass is 505 g/mol. The van der Waals surface area contributed by atoms with Crippen molar-refractivity contribution in [3.05, 3.63) is 94.8 Å². The van der Waals surface area contributed by atoms with Crippen molar-refractivity contribution in [1.82, 2.24) is 4.90 Å². The molecule has 0 aliphatic carbocycles. The Hall–Kier alpha value is -3.55. The Balaban J connectivity index is 1.39. The van der Waals surface area contributed by atoms with Crippen LogP contribution in [0.3, 0.4) is 0 Å². The lowest BCUT2D eigenvalue weighted by atomic mass is 9.87. The van der Waals surface area contributed by atoms with Crippen LogP contribution in [0, 0.1) is 17.5 Å². The Morgan fingerprint density at radius 1 is 0.892 bits per heavy atom. The number of halogens is 3. The molecule has 1 fully saturated rings. The molecule has 0 amide bonds. The molecule has 4 nitrogen and oxygen atoms in total. The van der Waals surface area contributed by atoms with Gasteiger partial charge in [0.15, 0.2) is 17.5 Å². The van der Waals surface area contributed by atoms with Gasteiger partial charge in [0, 0.05) is 17.7 Å². The molecular formula is C30H26F3NO3. The minimum absolute atomic E-state index is 0.0253. The Morgan fingerprint density at radius 3 is 2.46 bits per heavy atom. The van der Waals surface area contributed by atoms with Gasteiger partial charge in [-0.25, -0.2) is 13.2 Å². The maximum atomic E-state index is 14.9. The summed E-state index contributed by atoms with van der Waals surface area (Å²) in [5, 5.41) is 11.5. The first kappa shape index (κ1) is 23.8. The molecule has 2 aliphatic rings. The lowest BCUT2D eigenvalue weighted by molar-refractivity contribution is 0.0679. The molecule has 4 aromatic carbocycles.